The highest BCUT2D eigenvalue weighted by Gasteiger charge is 2.18. The van der Waals surface area contributed by atoms with Crippen molar-refractivity contribution >= 4 is 5.82 Å². The van der Waals surface area contributed by atoms with Crippen molar-refractivity contribution in [2.75, 3.05) is 25.9 Å². The van der Waals surface area contributed by atoms with Gasteiger partial charge in [0.15, 0.2) is 0 Å². The fourth-order valence-corrected chi connectivity index (χ4v) is 2.15. The van der Waals surface area contributed by atoms with Gasteiger partial charge in [0.05, 0.1) is 6.10 Å². The third kappa shape index (κ3) is 2.93. The Morgan fingerprint density at radius 1 is 1.50 bits per heavy atom. The number of hydrogen-bond donors (Lipinski definition) is 1. The summed E-state index contributed by atoms with van der Waals surface area (Å²) >= 11 is 0. The van der Waals surface area contributed by atoms with Crippen molar-refractivity contribution in [2.24, 2.45) is 0 Å². The van der Waals surface area contributed by atoms with Crippen molar-refractivity contribution in [2.45, 2.75) is 25.5 Å². The van der Waals surface area contributed by atoms with Gasteiger partial charge in [-0.15, -0.1) is 0 Å². The number of ether oxygens (including phenoxy) is 1. The second-order valence-electron chi connectivity index (χ2n) is 4.30. The Balaban J connectivity index is 1.87. The molecule has 1 saturated heterocycles. The van der Waals surface area contributed by atoms with E-state index in [1.807, 2.05) is 12.1 Å². The molecule has 1 fully saturated rings. The number of hydrogen-bond acceptors (Lipinski definition) is 4. The molecule has 16 heavy (non-hydrogen) atoms. The molecule has 88 valence electrons. The summed E-state index contributed by atoms with van der Waals surface area (Å²) in [5.74, 6) is 0.601. The van der Waals surface area contributed by atoms with Crippen LogP contribution in [0, 0.1) is 0 Å². The Bertz CT molecular complexity index is 335. The van der Waals surface area contributed by atoms with E-state index in [1.165, 1.54) is 5.56 Å². The maximum atomic E-state index is 5.66. The van der Waals surface area contributed by atoms with Crippen LogP contribution in [0.2, 0.25) is 0 Å². The molecule has 0 amide bonds. The number of nitrogens with two attached hydrogens (primary N) is 1. The number of aromatic nitrogens is 1. The first-order chi connectivity index (χ1) is 7.78. The quantitative estimate of drug-likeness (QED) is 0.835. The normalized spacial score (nSPS) is 18.8. The molecule has 1 aromatic heterocycles. The molecule has 2 heterocycles. The summed E-state index contributed by atoms with van der Waals surface area (Å²) < 4.78 is 5.35. The van der Waals surface area contributed by atoms with Gasteiger partial charge < -0.3 is 10.5 Å². The maximum Gasteiger partial charge on any atom is 0.123 e. The van der Waals surface area contributed by atoms with E-state index in [0.29, 0.717) is 11.9 Å². The van der Waals surface area contributed by atoms with E-state index in [9.17, 15) is 0 Å². The molecule has 0 atom stereocenters. The number of pyridine rings is 1. The molecule has 0 radical (unpaired) electrons. The monoisotopic (exact) mass is 221 g/mol. The maximum absolute atomic E-state index is 5.66. The number of likely N-dealkylation sites (tertiary alicyclic amines) is 1. The molecule has 0 spiro atoms. The summed E-state index contributed by atoms with van der Waals surface area (Å²) in [5.41, 5.74) is 6.90. The fraction of sp³-hybridized carbons (Fsp3) is 0.583. The van der Waals surface area contributed by atoms with Crippen LogP contribution in [0.3, 0.4) is 0 Å². The first-order valence-corrected chi connectivity index (χ1v) is 5.73. The summed E-state index contributed by atoms with van der Waals surface area (Å²) in [6.45, 7) is 3.16. The third-order valence-electron chi connectivity index (χ3n) is 3.12. The van der Waals surface area contributed by atoms with Crippen LogP contribution in [0.4, 0.5) is 5.82 Å². The number of piperidine rings is 1. The molecule has 4 nitrogen and oxygen atoms in total. The molecule has 0 unspecified atom stereocenters. The van der Waals surface area contributed by atoms with Crippen LogP contribution < -0.4 is 5.73 Å². The minimum atomic E-state index is 0.443. The second-order valence-corrected chi connectivity index (χ2v) is 4.30. The lowest BCUT2D eigenvalue weighted by Gasteiger charge is -2.31. The van der Waals surface area contributed by atoms with Crippen LogP contribution in [0.15, 0.2) is 18.3 Å². The highest BCUT2D eigenvalue weighted by molar-refractivity contribution is 5.31. The van der Waals surface area contributed by atoms with Crippen LogP contribution >= 0.6 is 0 Å². The molecule has 0 bridgehead atoms. The zero-order chi connectivity index (χ0) is 11.4. The van der Waals surface area contributed by atoms with Gasteiger partial charge >= 0.3 is 0 Å². The van der Waals surface area contributed by atoms with Crippen molar-refractivity contribution in [3.05, 3.63) is 23.9 Å². The van der Waals surface area contributed by atoms with Gasteiger partial charge in [-0.2, -0.15) is 0 Å². The topological polar surface area (TPSA) is 51.4 Å². The summed E-state index contributed by atoms with van der Waals surface area (Å²) in [5, 5.41) is 0. The molecule has 0 aliphatic carbocycles. The van der Waals surface area contributed by atoms with Crippen LogP contribution in [0.25, 0.3) is 0 Å². The van der Waals surface area contributed by atoms with E-state index in [2.05, 4.69) is 9.88 Å². The van der Waals surface area contributed by atoms with E-state index < -0.39 is 0 Å². The summed E-state index contributed by atoms with van der Waals surface area (Å²) in [6.07, 6.45) is 4.46. The third-order valence-corrected chi connectivity index (χ3v) is 3.12. The molecule has 2 rings (SSSR count). The van der Waals surface area contributed by atoms with Gasteiger partial charge in [0, 0.05) is 32.9 Å². The minimum absolute atomic E-state index is 0.443. The molecule has 1 aliphatic heterocycles. The minimum Gasteiger partial charge on any atom is -0.384 e. The van der Waals surface area contributed by atoms with Crippen LogP contribution in [-0.2, 0) is 11.3 Å². The predicted octanol–water partition coefficient (Wildman–Crippen LogP) is 1.27. The fourth-order valence-electron chi connectivity index (χ4n) is 2.15. The highest BCUT2D eigenvalue weighted by Crippen LogP contribution is 2.15. The molecular formula is C12H19N3O. The molecule has 0 saturated carbocycles. The van der Waals surface area contributed by atoms with Gasteiger partial charge in [0.25, 0.3) is 0 Å². The number of anilines is 1. The van der Waals surface area contributed by atoms with Crippen molar-refractivity contribution in [3.63, 3.8) is 0 Å². The van der Waals surface area contributed by atoms with E-state index in [1.54, 1.807) is 13.3 Å². The van der Waals surface area contributed by atoms with Crippen LogP contribution in [-0.4, -0.2) is 36.2 Å². The Kier molecular flexibility index (Phi) is 3.74. The van der Waals surface area contributed by atoms with Crippen LogP contribution in [0.1, 0.15) is 18.4 Å². The van der Waals surface area contributed by atoms with Gasteiger partial charge in [-0.1, -0.05) is 0 Å². The lowest BCUT2D eigenvalue weighted by atomic mass is 10.1. The van der Waals surface area contributed by atoms with Gasteiger partial charge in [-0.05, 0) is 30.5 Å². The standard InChI is InChI=1S/C12H19N3O/c1-16-11-3-6-15(7-4-11)9-10-2-5-14-12(13)8-10/h2,5,8,11H,3-4,6-7,9H2,1H3,(H2,13,14). The molecule has 1 aliphatic rings. The van der Waals surface area contributed by atoms with Gasteiger partial charge in [-0.25, -0.2) is 4.98 Å². The molecule has 1 aromatic rings. The van der Waals surface area contributed by atoms with Crippen molar-refractivity contribution in [1.29, 1.82) is 0 Å². The number of nitrogens with zero attached hydrogens (tertiary/aromatic N) is 2. The molecule has 0 aromatic carbocycles. The average molecular weight is 221 g/mol. The SMILES string of the molecule is COC1CCN(Cc2ccnc(N)c2)CC1. The summed E-state index contributed by atoms with van der Waals surface area (Å²) in [4.78, 5) is 6.43. The number of methoxy groups -OCH3 is 1. The van der Waals surface area contributed by atoms with Gasteiger partial charge in [0.2, 0.25) is 0 Å². The Labute approximate surface area is 96.4 Å². The zero-order valence-electron chi connectivity index (χ0n) is 9.72. The number of rotatable bonds is 3. The Hall–Kier alpha value is -1.13. The predicted molar refractivity (Wildman–Crippen MR) is 64.0 cm³/mol. The molecule has 2 N–H and O–H groups in total. The van der Waals surface area contributed by atoms with Gasteiger partial charge in [0.1, 0.15) is 5.82 Å². The van der Waals surface area contributed by atoms with E-state index in [4.69, 9.17) is 10.5 Å². The van der Waals surface area contributed by atoms with Gasteiger partial charge in [-0.3, -0.25) is 4.90 Å². The van der Waals surface area contributed by atoms with Crippen molar-refractivity contribution in [1.82, 2.24) is 9.88 Å². The van der Waals surface area contributed by atoms with Crippen LogP contribution in [0.5, 0.6) is 0 Å². The van der Waals surface area contributed by atoms with E-state index in [-0.39, 0.29) is 0 Å². The first kappa shape index (κ1) is 11.4. The second kappa shape index (κ2) is 5.27. The van der Waals surface area contributed by atoms with E-state index in [0.717, 1.165) is 32.5 Å². The number of nitrogen functional groups attached to an aromatic ring is 1. The zero-order valence-corrected chi connectivity index (χ0v) is 9.72. The summed E-state index contributed by atoms with van der Waals surface area (Å²) in [6, 6.07) is 3.97. The average Bonchev–Trinajstić information content (AvgIpc) is 2.30. The molecule has 4 heteroatoms. The Morgan fingerprint density at radius 2 is 2.25 bits per heavy atom. The summed E-state index contributed by atoms with van der Waals surface area (Å²) in [7, 11) is 1.80. The Morgan fingerprint density at radius 3 is 2.88 bits per heavy atom. The largest absolute Gasteiger partial charge is 0.384 e. The highest BCUT2D eigenvalue weighted by atomic mass is 16.5. The van der Waals surface area contributed by atoms with Crippen molar-refractivity contribution < 1.29 is 4.74 Å². The lowest BCUT2D eigenvalue weighted by Crippen LogP contribution is -2.36. The lowest BCUT2D eigenvalue weighted by molar-refractivity contribution is 0.0388. The first-order valence-electron chi connectivity index (χ1n) is 5.73. The molecular weight excluding hydrogens is 202 g/mol. The van der Waals surface area contributed by atoms with Crippen molar-refractivity contribution in [3.8, 4) is 0 Å². The smallest absolute Gasteiger partial charge is 0.123 e. The van der Waals surface area contributed by atoms with E-state index >= 15 is 0 Å².